The number of β-amino-alcohol motifs (C(OH)–C–C–N with tert-alkyl or cyclic N) is 1. The van der Waals surface area contributed by atoms with Crippen LogP contribution in [0.2, 0.25) is 0 Å². The molecule has 3 atom stereocenters. The van der Waals surface area contributed by atoms with Crippen LogP contribution in [0.1, 0.15) is 63.4 Å². The Labute approximate surface area is 203 Å². The Kier molecular flexibility index (Phi) is 6.04. The van der Waals surface area contributed by atoms with Gasteiger partial charge in [0.2, 0.25) is 17.6 Å². The molecular formula is C24H32N8O3. The van der Waals surface area contributed by atoms with Gasteiger partial charge in [-0.2, -0.15) is 0 Å². The molecule has 3 aromatic heterocycles. The molecule has 3 aromatic rings. The van der Waals surface area contributed by atoms with Crippen molar-refractivity contribution in [3.8, 4) is 0 Å². The van der Waals surface area contributed by atoms with Crippen molar-refractivity contribution in [1.29, 1.82) is 0 Å². The zero-order chi connectivity index (χ0) is 24.7. The van der Waals surface area contributed by atoms with Gasteiger partial charge in [0.15, 0.2) is 0 Å². The maximum atomic E-state index is 13.8. The Morgan fingerprint density at radius 1 is 1.26 bits per heavy atom. The molecule has 1 aliphatic carbocycles. The van der Waals surface area contributed by atoms with Crippen molar-refractivity contribution in [2.24, 2.45) is 5.41 Å². The number of carbonyl (C=O) groups excluding carboxylic acids is 2. The molecule has 1 saturated heterocycles. The van der Waals surface area contributed by atoms with Gasteiger partial charge in [0.25, 0.3) is 0 Å². The van der Waals surface area contributed by atoms with E-state index in [2.05, 4.69) is 25.6 Å². The predicted octanol–water partition coefficient (Wildman–Crippen LogP) is 1.11. The van der Waals surface area contributed by atoms with Crippen molar-refractivity contribution in [2.45, 2.75) is 70.6 Å². The highest BCUT2D eigenvalue weighted by Gasteiger charge is 2.45. The Balaban J connectivity index is 1.27. The van der Waals surface area contributed by atoms with Gasteiger partial charge in [0.05, 0.1) is 17.5 Å². The van der Waals surface area contributed by atoms with Crippen LogP contribution < -0.4 is 5.32 Å². The topological polar surface area (TPSA) is 131 Å². The molecule has 1 aliphatic heterocycles. The monoisotopic (exact) mass is 480 g/mol. The third-order valence-corrected chi connectivity index (χ3v) is 6.67. The van der Waals surface area contributed by atoms with Crippen LogP contribution in [0.25, 0.3) is 5.78 Å². The summed E-state index contributed by atoms with van der Waals surface area (Å²) in [6, 6.07) is 0.457. The maximum Gasteiger partial charge on any atom is 0.248 e. The van der Waals surface area contributed by atoms with Gasteiger partial charge in [0.1, 0.15) is 12.1 Å². The van der Waals surface area contributed by atoms with Crippen molar-refractivity contribution in [2.75, 3.05) is 13.1 Å². The number of fused-ring (bicyclic) bond motifs is 1. The second kappa shape index (κ2) is 9.03. The molecule has 0 aromatic carbocycles. The van der Waals surface area contributed by atoms with Crippen LogP contribution in [0.3, 0.4) is 0 Å². The number of nitrogens with zero attached hydrogens (tertiary/aromatic N) is 7. The molecule has 0 spiro atoms. The van der Waals surface area contributed by atoms with Crippen molar-refractivity contribution in [3.05, 3.63) is 42.2 Å². The smallest absolute Gasteiger partial charge is 0.248 e. The highest BCUT2D eigenvalue weighted by molar-refractivity contribution is 5.90. The van der Waals surface area contributed by atoms with Gasteiger partial charge in [-0.3, -0.25) is 14.0 Å². The minimum Gasteiger partial charge on any atom is -0.391 e. The highest BCUT2D eigenvalue weighted by Crippen LogP contribution is 2.40. The zero-order valence-electron chi connectivity index (χ0n) is 20.3. The average molecular weight is 481 g/mol. The van der Waals surface area contributed by atoms with Crippen LogP contribution in [0.5, 0.6) is 0 Å². The van der Waals surface area contributed by atoms with Gasteiger partial charge >= 0.3 is 0 Å². The predicted molar refractivity (Wildman–Crippen MR) is 126 cm³/mol. The molecule has 2 amide bonds. The second-order valence-electron chi connectivity index (χ2n) is 10.7. The van der Waals surface area contributed by atoms with Crippen LogP contribution in [0.15, 0.2) is 30.9 Å². The molecule has 4 heterocycles. The molecule has 0 bridgehead atoms. The Morgan fingerprint density at radius 3 is 2.77 bits per heavy atom. The van der Waals surface area contributed by atoms with E-state index in [0.717, 1.165) is 24.2 Å². The summed E-state index contributed by atoms with van der Waals surface area (Å²) in [6.45, 7) is 6.40. The number of aliphatic hydroxyl groups is 1. The molecule has 2 N–H and O–H groups in total. The number of likely N-dealkylation sites (tertiary alicyclic amines) is 1. The summed E-state index contributed by atoms with van der Waals surface area (Å²) >= 11 is 0. The lowest BCUT2D eigenvalue weighted by atomic mass is 9.85. The summed E-state index contributed by atoms with van der Waals surface area (Å²) < 4.78 is 3.46. The van der Waals surface area contributed by atoms with E-state index >= 15 is 0 Å². The molecule has 0 radical (unpaired) electrons. The first-order chi connectivity index (χ1) is 16.7. The van der Waals surface area contributed by atoms with Gasteiger partial charge in [-0.25, -0.2) is 14.6 Å². The number of carbonyl (C=O) groups is 2. The first-order valence-electron chi connectivity index (χ1n) is 12.2. The quantitative estimate of drug-likeness (QED) is 0.518. The molecule has 1 saturated carbocycles. The Bertz CT molecular complexity index is 1190. The summed E-state index contributed by atoms with van der Waals surface area (Å²) in [6.07, 6.45) is 9.47. The van der Waals surface area contributed by atoms with E-state index in [1.807, 2.05) is 49.8 Å². The standard InChI is InChI=1S/C24H32N8O3/c1-24(2,3)20(32-14-18(28-29-32)15-5-6-15)22(35)31-13-17(33)11-19(31)21(34)25-9-7-16-12-30-10-4-8-26-23(30)27-16/h4,8,10,12,14-15,17,19-20,33H,5-7,9,11,13H2,1-3H3,(H,25,34)/t17?,19?,20-/m1/s1. The van der Waals surface area contributed by atoms with E-state index in [0.29, 0.717) is 24.7 Å². The van der Waals surface area contributed by atoms with Gasteiger partial charge in [0, 0.05) is 56.6 Å². The van der Waals surface area contributed by atoms with Crippen LogP contribution in [0, 0.1) is 5.41 Å². The number of rotatable bonds is 7. The third kappa shape index (κ3) is 4.90. The van der Waals surface area contributed by atoms with Gasteiger partial charge in [-0.1, -0.05) is 26.0 Å². The van der Waals surface area contributed by atoms with Gasteiger partial charge in [-0.15, -0.1) is 5.10 Å². The van der Waals surface area contributed by atoms with Crippen molar-refractivity contribution in [3.63, 3.8) is 0 Å². The summed E-state index contributed by atoms with van der Waals surface area (Å²) in [5, 5.41) is 21.8. The van der Waals surface area contributed by atoms with E-state index in [9.17, 15) is 14.7 Å². The zero-order valence-corrected chi connectivity index (χ0v) is 20.3. The van der Waals surface area contributed by atoms with E-state index in [4.69, 9.17) is 0 Å². The number of hydrogen-bond acceptors (Lipinski definition) is 7. The normalized spacial score (nSPS) is 21.4. The number of aromatic nitrogens is 6. The Morgan fingerprint density at radius 2 is 2.06 bits per heavy atom. The summed E-state index contributed by atoms with van der Waals surface area (Å²) in [7, 11) is 0. The minimum atomic E-state index is -0.752. The van der Waals surface area contributed by atoms with Crippen molar-refractivity contribution in [1.82, 2.24) is 39.6 Å². The van der Waals surface area contributed by atoms with Crippen LogP contribution in [-0.4, -0.2) is 76.4 Å². The lowest BCUT2D eigenvalue weighted by Gasteiger charge is -2.34. The molecule has 2 aliphatic rings. The first kappa shape index (κ1) is 23.4. The van der Waals surface area contributed by atoms with Crippen molar-refractivity contribution < 1.29 is 14.7 Å². The van der Waals surface area contributed by atoms with Gasteiger partial charge < -0.3 is 15.3 Å². The third-order valence-electron chi connectivity index (χ3n) is 6.67. The molecule has 35 heavy (non-hydrogen) atoms. The molecule has 5 rings (SSSR count). The van der Waals surface area contributed by atoms with Crippen LogP contribution >= 0.6 is 0 Å². The van der Waals surface area contributed by atoms with E-state index in [1.165, 1.54) is 4.90 Å². The molecule has 186 valence electrons. The van der Waals surface area contributed by atoms with E-state index in [1.54, 1.807) is 10.9 Å². The van der Waals surface area contributed by atoms with E-state index in [-0.39, 0.29) is 24.8 Å². The highest BCUT2D eigenvalue weighted by atomic mass is 16.3. The van der Waals surface area contributed by atoms with Crippen LogP contribution in [0.4, 0.5) is 0 Å². The summed E-state index contributed by atoms with van der Waals surface area (Å²) in [5.41, 5.74) is 1.26. The number of imidazole rings is 1. The first-order valence-corrected chi connectivity index (χ1v) is 12.2. The fourth-order valence-electron chi connectivity index (χ4n) is 4.76. The molecule has 2 unspecified atom stereocenters. The van der Waals surface area contributed by atoms with Gasteiger partial charge in [-0.05, 0) is 24.3 Å². The molecule has 11 nitrogen and oxygen atoms in total. The fraction of sp³-hybridized carbons (Fsp3) is 0.583. The number of aliphatic hydroxyl groups excluding tert-OH is 1. The van der Waals surface area contributed by atoms with Crippen molar-refractivity contribution >= 4 is 17.6 Å². The minimum absolute atomic E-state index is 0.117. The number of amides is 2. The second-order valence-corrected chi connectivity index (χ2v) is 10.7. The molecule has 2 fully saturated rings. The lowest BCUT2D eigenvalue weighted by molar-refractivity contribution is -0.144. The SMILES string of the molecule is CC(C)(C)[C@@H](C(=O)N1CC(O)CC1C(=O)NCCc1cn2cccnc2n1)n1cc(C2CC2)nn1. The molecule has 11 heteroatoms. The number of nitrogens with one attached hydrogen (secondary N) is 1. The molecular weight excluding hydrogens is 448 g/mol. The van der Waals surface area contributed by atoms with Crippen LogP contribution in [-0.2, 0) is 16.0 Å². The lowest BCUT2D eigenvalue weighted by Crippen LogP contribution is -2.50. The maximum absolute atomic E-state index is 13.8. The fourth-order valence-corrected chi connectivity index (χ4v) is 4.76. The Hall–Kier alpha value is -3.34. The summed E-state index contributed by atoms with van der Waals surface area (Å²) in [4.78, 5) is 37.0. The largest absolute Gasteiger partial charge is 0.391 e. The summed E-state index contributed by atoms with van der Waals surface area (Å²) in [5.74, 6) is 0.528. The van der Waals surface area contributed by atoms with E-state index < -0.39 is 23.6 Å². The average Bonchev–Trinajstić information content (AvgIpc) is 3.21. The number of hydrogen-bond donors (Lipinski definition) is 2.